The Morgan fingerprint density at radius 2 is 1.11 bits per heavy atom. The molecule has 1 aromatic carbocycles. The van der Waals surface area contributed by atoms with Gasteiger partial charge in [0, 0.05) is 42.4 Å². The van der Waals surface area contributed by atoms with Crippen LogP contribution in [0.25, 0.3) is 6.08 Å². The zero-order chi connectivity index (χ0) is 48.7. The van der Waals surface area contributed by atoms with E-state index in [-0.39, 0.29) is 23.3 Å². The molecule has 0 aromatic heterocycles. The van der Waals surface area contributed by atoms with E-state index in [2.05, 4.69) is 5.32 Å². The highest BCUT2D eigenvalue weighted by atomic mass is 19.4. The van der Waals surface area contributed by atoms with Gasteiger partial charge in [0.05, 0.1) is 19.8 Å². The molecule has 0 spiro atoms. The zero-order valence-corrected chi connectivity index (χ0v) is 33.9. The summed E-state index contributed by atoms with van der Waals surface area (Å²) in [6.07, 6.45) is -16.5. The Morgan fingerprint density at radius 1 is 0.651 bits per heavy atom. The molecule has 0 saturated heterocycles. The smallest absolute Gasteiger partial charge is 0.460 e. The molecule has 0 radical (unpaired) electrons. The summed E-state index contributed by atoms with van der Waals surface area (Å²) in [4.78, 5) is 25.1. The molecular formula is C38H45F18NO6. The molecular weight excluding hydrogens is 908 g/mol. The van der Waals surface area contributed by atoms with Crippen LogP contribution in [0.15, 0.2) is 30.3 Å². The summed E-state index contributed by atoms with van der Waals surface area (Å²) >= 11 is 0. The molecule has 7 nitrogen and oxygen atoms in total. The van der Waals surface area contributed by atoms with Crippen molar-refractivity contribution >= 4 is 18.0 Å². The van der Waals surface area contributed by atoms with Gasteiger partial charge in [-0.25, -0.2) is 4.79 Å². The van der Waals surface area contributed by atoms with E-state index in [1.165, 1.54) is 30.3 Å². The third-order valence-electron chi connectivity index (χ3n) is 10.2. The number of alkyl halides is 18. The normalized spacial score (nSPS) is 18.1. The van der Waals surface area contributed by atoms with E-state index in [0.29, 0.717) is 39.0 Å². The SMILES string of the molecule is CCC(C)(C)C(=O)NC1CCC(OC(=O)/C=C/c2ccccc2OCCCC(C)(OCCC(F)(F)C(F)(F)C(F)(F)C(F)(F)F)OCCC(F)(F)C(F)(F)C(F)(F)C(F)(F)F)CC1. The third-order valence-corrected chi connectivity index (χ3v) is 10.2. The van der Waals surface area contributed by atoms with E-state index in [4.69, 9.17) is 18.9 Å². The lowest BCUT2D eigenvalue weighted by atomic mass is 9.87. The number of amides is 1. The standard InChI is InChI=1S/C38H45F18NO6/c1-5-29(2,3)28(59)57-24-12-14-25(15-13-24)63-27(58)16-11-23-9-6-7-10-26(23)60-20-8-17-30(4,61-21-18-31(39,40)33(43,44)35(47,48)37(51,52)53)62-22-19-32(41,42)34(45,46)36(49,50)38(54,55)56/h6-7,9-11,16,24-25H,5,8,12-15,17-22H2,1-4H3,(H,57,59)/b16-11+. The first-order valence-electron chi connectivity index (χ1n) is 19.0. The van der Waals surface area contributed by atoms with Crippen LogP contribution in [0.3, 0.4) is 0 Å². The van der Waals surface area contributed by atoms with Crippen LogP contribution >= 0.6 is 0 Å². The largest absolute Gasteiger partial charge is 0.493 e. The Bertz CT molecular complexity index is 1630. The lowest BCUT2D eigenvalue weighted by Crippen LogP contribution is -2.61. The summed E-state index contributed by atoms with van der Waals surface area (Å²) in [5.41, 5.74) is -0.329. The van der Waals surface area contributed by atoms with E-state index in [1.54, 1.807) is 0 Å². The number of esters is 1. The van der Waals surface area contributed by atoms with Crippen molar-refractivity contribution in [2.75, 3.05) is 19.8 Å². The van der Waals surface area contributed by atoms with Crippen molar-refractivity contribution in [2.45, 2.75) is 151 Å². The average Bonchev–Trinajstić information content (AvgIpc) is 3.15. The van der Waals surface area contributed by atoms with Gasteiger partial charge in [-0.1, -0.05) is 39.0 Å². The first-order chi connectivity index (χ1) is 28.4. The van der Waals surface area contributed by atoms with E-state index in [9.17, 15) is 88.6 Å². The second-order valence-electron chi connectivity index (χ2n) is 15.5. The number of hydrogen-bond acceptors (Lipinski definition) is 6. The number of benzene rings is 1. The van der Waals surface area contributed by atoms with E-state index in [1.807, 2.05) is 20.8 Å². The fraction of sp³-hybridized carbons (Fsp3) is 0.737. The highest BCUT2D eigenvalue weighted by molar-refractivity contribution is 5.87. The molecule has 1 saturated carbocycles. The number of carbonyl (C=O) groups is 2. The van der Waals surface area contributed by atoms with Crippen LogP contribution in [0.5, 0.6) is 5.75 Å². The molecule has 1 fully saturated rings. The third kappa shape index (κ3) is 13.5. The van der Waals surface area contributed by atoms with Crippen molar-refractivity contribution < 1.29 is 108 Å². The van der Waals surface area contributed by atoms with Gasteiger partial charge in [-0.05, 0) is 57.6 Å². The lowest BCUT2D eigenvalue weighted by Gasteiger charge is -2.36. The zero-order valence-electron chi connectivity index (χ0n) is 33.9. The maximum atomic E-state index is 14.1. The van der Waals surface area contributed by atoms with Crippen molar-refractivity contribution in [2.24, 2.45) is 5.41 Å². The minimum atomic E-state index is -7.30. The Kier molecular flexibility index (Phi) is 17.8. The highest BCUT2D eigenvalue weighted by Crippen LogP contribution is 2.55. The maximum absolute atomic E-state index is 14.1. The molecule has 0 heterocycles. The summed E-state index contributed by atoms with van der Waals surface area (Å²) in [5, 5.41) is 2.99. The molecule has 25 heteroatoms. The molecule has 2 rings (SSSR count). The van der Waals surface area contributed by atoms with Gasteiger partial charge in [-0.2, -0.15) is 79.0 Å². The van der Waals surface area contributed by atoms with E-state index >= 15 is 0 Å². The molecule has 364 valence electrons. The minimum Gasteiger partial charge on any atom is -0.493 e. The summed E-state index contributed by atoms with van der Waals surface area (Å²) < 4.78 is 261. The molecule has 63 heavy (non-hydrogen) atoms. The number of halogens is 18. The molecule has 1 aromatic rings. The van der Waals surface area contributed by atoms with Crippen molar-refractivity contribution in [3.05, 3.63) is 35.9 Å². The number of ether oxygens (including phenoxy) is 4. The summed E-state index contributed by atoms with van der Waals surface area (Å²) in [7, 11) is 0. The first kappa shape index (κ1) is 55.5. The Morgan fingerprint density at radius 3 is 1.56 bits per heavy atom. The number of nitrogens with one attached hydrogen (secondary N) is 1. The predicted molar refractivity (Wildman–Crippen MR) is 186 cm³/mol. The molecule has 0 bridgehead atoms. The van der Waals surface area contributed by atoms with Crippen LogP contribution in [0, 0.1) is 5.41 Å². The topological polar surface area (TPSA) is 83.1 Å². The predicted octanol–water partition coefficient (Wildman–Crippen LogP) is 11.7. The van der Waals surface area contributed by atoms with Gasteiger partial charge >= 0.3 is 53.9 Å². The summed E-state index contributed by atoms with van der Waals surface area (Å²) in [6, 6.07) is 5.63. The number of rotatable bonds is 23. The minimum absolute atomic E-state index is 0.0243. The fourth-order valence-corrected chi connectivity index (χ4v) is 5.66. The molecule has 0 aliphatic heterocycles. The fourth-order valence-electron chi connectivity index (χ4n) is 5.66. The Hall–Kier alpha value is -3.64. The van der Waals surface area contributed by atoms with Crippen LogP contribution in [0.1, 0.15) is 91.0 Å². The highest BCUT2D eigenvalue weighted by Gasteiger charge is 2.82. The van der Waals surface area contributed by atoms with Gasteiger partial charge in [-0.15, -0.1) is 0 Å². The van der Waals surface area contributed by atoms with Crippen LogP contribution in [0.4, 0.5) is 79.0 Å². The summed E-state index contributed by atoms with van der Waals surface area (Å²) in [5.74, 6) is -44.8. The molecule has 1 N–H and O–H groups in total. The first-order valence-corrected chi connectivity index (χ1v) is 19.0. The van der Waals surface area contributed by atoms with Gasteiger partial charge < -0.3 is 24.3 Å². The Labute approximate surface area is 349 Å². The molecule has 1 amide bonds. The van der Waals surface area contributed by atoms with Gasteiger partial charge in [-0.3, -0.25) is 4.79 Å². The van der Waals surface area contributed by atoms with Crippen molar-refractivity contribution in [3.63, 3.8) is 0 Å². The number of hydrogen-bond donors (Lipinski definition) is 1. The van der Waals surface area contributed by atoms with Crippen molar-refractivity contribution in [1.29, 1.82) is 0 Å². The molecule has 0 unspecified atom stereocenters. The second-order valence-corrected chi connectivity index (χ2v) is 15.5. The van der Waals surface area contributed by atoms with Crippen LogP contribution < -0.4 is 10.1 Å². The quantitative estimate of drug-likeness (QED) is 0.0387. The van der Waals surface area contributed by atoms with E-state index < -0.39 is 117 Å². The monoisotopic (exact) mass is 953 g/mol. The van der Waals surface area contributed by atoms with Gasteiger partial charge in [0.1, 0.15) is 11.9 Å². The maximum Gasteiger partial charge on any atom is 0.460 e. The number of carbonyl (C=O) groups excluding carboxylic acids is 2. The van der Waals surface area contributed by atoms with Gasteiger partial charge in [0.2, 0.25) is 5.91 Å². The van der Waals surface area contributed by atoms with Gasteiger partial charge in [0.25, 0.3) is 0 Å². The molecule has 1 aliphatic carbocycles. The average molecular weight is 954 g/mol. The van der Waals surface area contributed by atoms with Crippen LogP contribution in [-0.2, 0) is 23.8 Å². The molecule has 0 atom stereocenters. The van der Waals surface area contributed by atoms with Gasteiger partial charge in [0.15, 0.2) is 5.79 Å². The second kappa shape index (κ2) is 20.3. The summed E-state index contributed by atoms with van der Waals surface area (Å²) in [6.45, 7) is 1.71. The lowest BCUT2D eigenvalue weighted by molar-refractivity contribution is -0.399. The van der Waals surface area contributed by atoms with Crippen LogP contribution in [-0.4, -0.2) is 97.5 Å². The van der Waals surface area contributed by atoms with Crippen molar-refractivity contribution in [3.8, 4) is 5.75 Å². The Balaban J connectivity index is 2.14. The number of para-hydroxylation sites is 1. The molecule has 1 aliphatic rings. The van der Waals surface area contributed by atoms with E-state index in [0.717, 1.165) is 6.08 Å². The van der Waals surface area contributed by atoms with Crippen molar-refractivity contribution in [1.82, 2.24) is 5.32 Å². The van der Waals surface area contributed by atoms with Crippen LogP contribution in [0.2, 0.25) is 0 Å².